The molecule has 0 radical (unpaired) electrons. The summed E-state index contributed by atoms with van der Waals surface area (Å²) in [5.74, 6) is 1.92. The van der Waals surface area contributed by atoms with Crippen molar-refractivity contribution in [3.63, 3.8) is 0 Å². The van der Waals surface area contributed by atoms with Crippen molar-refractivity contribution in [1.29, 1.82) is 0 Å². The monoisotopic (exact) mass is 285 g/mol. The zero-order valence-corrected chi connectivity index (χ0v) is 12.6. The first-order chi connectivity index (χ1) is 10.3. The van der Waals surface area contributed by atoms with Crippen LogP contribution in [0.5, 0.6) is 5.75 Å². The summed E-state index contributed by atoms with van der Waals surface area (Å²) in [6.45, 7) is 4.20. The van der Waals surface area contributed by atoms with E-state index >= 15 is 0 Å². The molecule has 0 bridgehead atoms. The lowest BCUT2D eigenvalue weighted by Gasteiger charge is -2.29. The molecule has 1 aromatic carbocycles. The van der Waals surface area contributed by atoms with Crippen molar-refractivity contribution in [3.8, 4) is 5.75 Å². The molecule has 1 aliphatic heterocycles. The molecule has 1 fully saturated rings. The van der Waals surface area contributed by atoms with E-state index in [-0.39, 0.29) is 6.23 Å². The van der Waals surface area contributed by atoms with Gasteiger partial charge in [0.1, 0.15) is 17.8 Å². The van der Waals surface area contributed by atoms with E-state index < -0.39 is 0 Å². The van der Waals surface area contributed by atoms with Crippen molar-refractivity contribution in [2.24, 2.45) is 5.73 Å². The van der Waals surface area contributed by atoms with Crippen molar-refractivity contribution in [1.82, 2.24) is 4.98 Å². The molecule has 0 saturated carbocycles. The van der Waals surface area contributed by atoms with Crippen LogP contribution in [0.4, 0.5) is 5.82 Å². The SMILES string of the molecule is CCC(N)Oc1cccc2c(N3CCCCC3)nccc12. The lowest BCUT2D eigenvalue weighted by atomic mass is 10.1. The Kier molecular flexibility index (Phi) is 4.25. The summed E-state index contributed by atoms with van der Waals surface area (Å²) in [7, 11) is 0. The van der Waals surface area contributed by atoms with Crippen molar-refractivity contribution in [3.05, 3.63) is 30.5 Å². The smallest absolute Gasteiger partial charge is 0.147 e. The molecule has 1 aromatic heterocycles. The molecule has 1 atom stereocenters. The number of nitrogens with zero attached hydrogens (tertiary/aromatic N) is 2. The summed E-state index contributed by atoms with van der Waals surface area (Å²) in [6.07, 6.45) is 6.21. The number of hydrogen-bond acceptors (Lipinski definition) is 4. The predicted molar refractivity (Wildman–Crippen MR) is 86.7 cm³/mol. The summed E-state index contributed by atoms with van der Waals surface area (Å²) >= 11 is 0. The molecule has 0 aliphatic carbocycles. The van der Waals surface area contributed by atoms with Crippen molar-refractivity contribution in [2.75, 3.05) is 18.0 Å². The van der Waals surface area contributed by atoms with E-state index in [1.165, 1.54) is 19.3 Å². The number of anilines is 1. The Morgan fingerprint density at radius 3 is 2.76 bits per heavy atom. The second kappa shape index (κ2) is 6.31. The fourth-order valence-corrected chi connectivity index (χ4v) is 2.87. The molecule has 0 spiro atoms. The van der Waals surface area contributed by atoms with Crippen molar-refractivity contribution < 1.29 is 4.74 Å². The Bertz CT molecular complexity index is 608. The van der Waals surface area contributed by atoms with Gasteiger partial charge in [0.25, 0.3) is 0 Å². The van der Waals surface area contributed by atoms with Crippen LogP contribution in [0.1, 0.15) is 32.6 Å². The highest BCUT2D eigenvalue weighted by atomic mass is 16.5. The number of nitrogens with two attached hydrogens (primary N) is 1. The lowest BCUT2D eigenvalue weighted by Crippen LogP contribution is -2.30. The molecule has 112 valence electrons. The maximum absolute atomic E-state index is 5.93. The molecule has 2 aromatic rings. The summed E-state index contributed by atoms with van der Waals surface area (Å²) in [5, 5.41) is 2.25. The Hall–Kier alpha value is -1.81. The molecule has 0 amide bonds. The van der Waals surface area contributed by atoms with Crippen LogP contribution < -0.4 is 15.4 Å². The van der Waals surface area contributed by atoms with Gasteiger partial charge in [-0.15, -0.1) is 0 Å². The van der Waals surface area contributed by atoms with Crippen LogP contribution >= 0.6 is 0 Å². The third-order valence-corrected chi connectivity index (χ3v) is 4.08. The third kappa shape index (κ3) is 2.95. The second-order valence-electron chi connectivity index (χ2n) is 5.60. The Balaban J connectivity index is 2.01. The Morgan fingerprint density at radius 1 is 1.19 bits per heavy atom. The van der Waals surface area contributed by atoms with Crippen LogP contribution in [0.2, 0.25) is 0 Å². The topological polar surface area (TPSA) is 51.4 Å². The number of aromatic nitrogens is 1. The van der Waals surface area contributed by atoms with Gasteiger partial charge < -0.3 is 9.64 Å². The highest BCUT2D eigenvalue weighted by Crippen LogP contribution is 2.32. The van der Waals surface area contributed by atoms with Crippen LogP contribution in [-0.4, -0.2) is 24.3 Å². The number of piperidine rings is 1. The first-order valence-electron chi connectivity index (χ1n) is 7.84. The number of pyridine rings is 1. The van der Waals surface area contributed by atoms with Crippen LogP contribution in [-0.2, 0) is 0 Å². The first kappa shape index (κ1) is 14.1. The van der Waals surface area contributed by atoms with Gasteiger partial charge in [0.05, 0.1) is 0 Å². The fourth-order valence-electron chi connectivity index (χ4n) is 2.87. The Labute approximate surface area is 125 Å². The van der Waals surface area contributed by atoms with Gasteiger partial charge in [0.15, 0.2) is 0 Å². The number of rotatable bonds is 4. The zero-order chi connectivity index (χ0) is 14.7. The van der Waals surface area contributed by atoms with E-state index in [0.717, 1.165) is 41.9 Å². The van der Waals surface area contributed by atoms with E-state index in [2.05, 4.69) is 16.0 Å². The van der Waals surface area contributed by atoms with Gasteiger partial charge in [0.2, 0.25) is 0 Å². The Morgan fingerprint density at radius 2 is 2.00 bits per heavy atom. The van der Waals surface area contributed by atoms with Crippen molar-refractivity contribution >= 4 is 16.6 Å². The van der Waals surface area contributed by atoms with Gasteiger partial charge in [0, 0.05) is 30.1 Å². The van der Waals surface area contributed by atoms with Gasteiger partial charge >= 0.3 is 0 Å². The number of benzene rings is 1. The summed E-state index contributed by atoms with van der Waals surface area (Å²) < 4.78 is 5.85. The fraction of sp³-hybridized carbons (Fsp3) is 0.471. The van der Waals surface area contributed by atoms with E-state index in [4.69, 9.17) is 10.5 Å². The molecule has 21 heavy (non-hydrogen) atoms. The largest absolute Gasteiger partial charge is 0.475 e. The van der Waals surface area contributed by atoms with E-state index in [9.17, 15) is 0 Å². The normalized spacial score (nSPS) is 17.0. The van der Waals surface area contributed by atoms with E-state index in [1.807, 2.05) is 31.3 Å². The van der Waals surface area contributed by atoms with E-state index in [0.29, 0.717) is 0 Å². The maximum atomic E-state index is 5.93. The van der Waals surface area contributed by atoms with Crippen LogP contribution in [0.15, 0.2) is 30.5 Å². The molecule has 1 aliphatic rings. The van der Waals surface area contributed by atoms with Gasteiger partial charge in [-0.05, 0) is 37.8 Å². The minimum absolute atomic E-state index is 0.262. The summed E-state index contributed by atoms with van der Waals surface area (Å²) in [6, 6.07) is 8.14. The maximum Gasteiger partial charge on any atom is 0.147 e. The van der Waals surface area contributed by atoms with Gasteiger partial charge in [-0.1, -0.05) is 19.1 Å². The number of fused-ring (bicyclic) bond motifs is 1. The highest BCUT2D eigenvalue weighted by Gasteiger charge is 2.16. The molecule has 4 nitrogen and oxygen atoms in total. The minimum Gasteiger partial charge on any atom is -0.475 e. The zero-order valence-electron chi connectivity index (χ0n) is 12.6. The quantitative estimate of drug-likeness (QED) is 0.876. The molecule has 1 saturated heterocycles. The second-order valence-corrected chi connectivity index (χ2v) is 5.60. The molecule has 1 unspecified atom stereocenters. The molecule has 2 heterocycles. The van der Waals surface area contributed by atoms with Gasteiger partial charge in [-0.2, -0.15) is 0 Å². The summed E-state index contributed by atoms with van der Waals surface area (Å²) in [5.41, 5.74) is 5.93. The molecule has 4 heteroatoms. The third-order valence-electron chi connectivity index (χ3n) is 4.08. The van der Waals surface area contributed by atoms with Crippen LogP contribution in [0, 0.1) is 0 Å². The average molecular weight is 285 g/mol. The first-order valence-corrected chi connectivity index (χ1v) is 7.84. The summed E-state index contributed by atoms with van der Waals surface area (Å²) in [4.78, 5) is 6.99. The highest BCUT2D eigenvalue weighted by molar-refractivity contribution is 5.96. The minimum atomic E-state index is -0.262. The average Bonchev–Trinajstić information content (AvgIpc) is 2.55. The number of hydrogen-bond donors (Lipinski definition) is 1. The predicted octanol–water partition coefficient (Wildman–Crippen LogP) is 3.30. The van der Waals surface area contributed by atoms with Crippen LogP contribution in [0.25, 0.3) is 10.8 Å². The lowest BCUT2D eigenvalue weighted by molar-refractivity contribution is 0.208. The number of ether oxygens (including phenoxy) is 1. The molecular weight excluding hydrogens is 262 g/mol. The molecule has 3 rings (SSSR count). The van der Waals surface area contributed by atoms with E-state index in [1.54, 1.807) is 0 Å². The van der Waals surface area contributed by atoms with Gasteiger partial charge in [-0.3, -0.25) is 5.73 Å². The van der Waals surface area contributed by atoms with Crippen molar-refractivity contribution in [2.45, 2.75) is 38.8 Å². The molecule has 2 N–H and O–H groups in total. The van der Waals surface area contributed by atoms with Crippen LogP contribution in [0.3, 0.4) is 0 Å². The molecular formula is C17H23N3O. The van der Waals surface area contributed by atoms with Gasteiger partial charge in [-0.25, -0.2) is 4.98 Å². The standard InChI is InChI=1S/C17H23N3O/c1-2-16(18)21-15-8-6-7-14-13(15)9-10-19-17(14)20-11-4-3-5-12-20/h6-10,16H,2-5,11-12,18H2,1H3.